The quantitative estimate of drug-likeness (QED) is 0.236. The molecule has 0 radical (unpaired) electrons. The van der Waals surface area contributed by atoms with Crippen LogP contribution in [0.4, 0.5) is 0 Å². The van der Waals surface area contributed by atoms with Gasteiger partial charge in [0.05, 0.1) is 6.33 Å². The number of imidazole rings is 1. The molecule has 0 aromatic carbocycles. The molecule has 0 bridgehead atoms. The molecular formula is C64H134N10. The number of likely N-dealkylation sites (tertiary alicyclic amines) is 5. The number of nitrogens with zero attached hydrogens (tertiary/aromatic N) is 10. The van der Waals surface area contributed by atoms with Crippen LogP contribution in [0, 0.1) is 0 Å². The van der Waals surface area contributed by atoms with E-state index in [1.807, 2.05) is 12.5 Å². The fourth-order valence-electron chi connectivity index (χ4n) is 9.92. The van der Waals surface area contributed by atoms with Crippen LogP contribution in [0.1, 0.15) is 243 Å². The van der Waals surface area contributed by atoms with Gasteiger partial charge in [0.15, 0.2) is 0 Å². The Morgan fingerprint density at radius 3 is 0.581 bits per heavy atom. The maximum absolute atomic E-state index is 3.95. The zero-order valence-corrected chi connectivity index (χ0v) is 55.0. The smallest absolute Gasteiger partial charge is 0.0950 e. The van der Waals surface area contributed by atoms with E-state index in [4.69, 9.17) is 0 Å². The third kappa shape index (κ3) is 32.1. The van der Waals surface area contributed by atoms with Gasteiger partial charge in [0.1, 0.15) is 0 Å². The van der Waals surface area contributed by atoms with Crippen molar-refractivity contribution in [1.82, 2.24) is 48.8 Å². The zero-order chi connectivity index (χ0) is 56.8. The number of hydrogen-bond donors (Lipinski definition) is 0. The van der Waals surface area contributed by atoms with Gasteiger partial charge in [-0.05, 0) is 296 Å². The van der Waals surface area contributed by atoms with Crippen molar-refractivity contribution >= 4 is 0 Å². The summed E-state index contributed by atoms with van der Waals surface area (Å²) in [6.07, 6.45) is 22.5. The highest BCUT2D eigenvalue weighted by molar-refractivity contribution is 4.87. The Kier molecular flexibility index (Phi) is 30.9. The first kappa shape index (κ1) is 70.9. The molecule has 8 heterocycles. The van der Waals surface area contributed by atoms with Gasteiger partial charge in [0.25, 0.3) is 0 Å². The molecule has 1 aromatic heterocycles. The Morgan fingerprint density at radius 1 is 0.243 bits per heavy atom. The molecule has 7 aliphatic heterocycles. The molecule has 8 rings (SSSR count). The summed E-state index contributed by atoms with van der Waals surface area (Å²) in [7, 11) is 2.19. The monoisotopic (exact) mass is 1040 g/mol. The van der Waals surface area contributed by atoms with Crippen molar-refractivity contribution in [2.45, 2.75) is 288 Å². The van der Waals surface area contributed by atoms with Crippen molar-refractivity contribution in [2.75, 3.05) is 112 Å². The Hall–Kier alpha value is -1.11. The summed E-state index contributed by atoms with van der Waals surface area (Å²) < 4.78 is 2.08. The molecule has 7 aliphatic rings. The molecule has 0 N–H and O–H groups in total. The minimum absolute atomic E-state index is 0.177. The third-order valence-corrected chi connectivity index (χ3v) is 15.9. The van der Waals surface area contributed by atoms with E-state index in [0.717, 1.165) is 0 Å². The highest BCUT2D eigenvalue weighted by Gasteiger charge is 2.30. The summed E-state index contributed by atoms with van der Waals surface area (Å²) in [6.45, 7) is 75.1. The van der Waals surface area contributed by atoms with Crippen LogP contribution in [-0.4, -0.2) is 199 Å². The third-order valence-electron chi connectivity index (χ3n) is 15.9. The lowest BCUT2D eigenvalue weighted by atomic mass is 10.0. The van der Waals surface area contributed by atoms with Crippen LogP contribution >= 0.6 is 0 Å². The highest BCUT2D eigenvalue weighted by Crippen LogP contribution is 2.24. The van der Waals surface area contributed by atoms with Gasteiger partial charge >= 0.3 is 0 Å². The lowest BCUT2D eigenvalue weighted by Gasteiger charge is -2.42. The topological polar surface area (TPSA) is 43.5 Å². The molecule has 10 heteroatoms. The molecule has 0 saturated carbocycles. The molecule has 7 saturated heterocycles. The van der Waals surface area contributed by atoms with E-state index in [0.29, 0.717) is 38.8 Å². The number of aromatic nitrogens is 2. The summed E-state index contributed by atoms with van der Waals surface area (Å²) in [4.78, 5) is 24.1. The van der Waals surface area contributed by atoms with Crippen LogP contribution < -0.4 is 0 Å². The number of piperazine rings is 1. The average Bonchev–Trinajstić information content (AvgIpc) is 3.69. The number of hydrogen-bond acceptors (Lipinski definition) is 9. The van der Waals surface area contributed by atoms with E-state index in [9.17, 15) is 0 Å². The van der Waals surface area contributed by atoms with E-state index in [1.165, 1.54) is 182 Å². The highest BCUT2D eigenvalue weighted by atomic mass is 15.3. The van der Waals surface area contributed by atoms with E-state index < -0.39 is 0 Å². The van der Waals surface area contributed by atoms with Crippen molar-refractivity contribution in [3.05, 3.63) is 18.7 Å². The fraction of sp³-hybridized carbons (Fsp3) is 0.953. The van der Waals surface area contributed by atoms with E-state index in [2.05, 4.69) is 222 Å². The van der Waals surface area contributed by atoms with Crippen molar-refractivity contribution in [3.63, 3.8) is 0 Å². The summed E-state index contributed by atoms with van der Waals surface area (Å²) in [5.74, 6) is 0. The maximum atomic E-state index is 3.95. The van der Waals surface area contributed by atoms with Gasteiger partial charge in [0, 0.05) is 96.0 Å². The maximum Gasteiger partial charge on any atom is 0.0950 e. The zero-order valence-electron chi connectivity index (χ0n) is 55.0. The van der Waals surface area contributed by atoms with Crippen LogP contribution in [0.5, 0.6) is 0 Å². The fourth-order valence-corrected chi connectivity index (χ4v) is 9.92. The van der Waals surface area contributed by atoms with Crippen molar-refractivity contribution in [1.29, 1.82) is 0 Å². The molecule has 10 nitrogen and oxygen atoms in total. The van der Waals surface area contributed by atoms with Gasteiger partial charge in [0.2, 0.25) is 0 Å². The van der Waals surface area contributed by atoms with Crippen LogP contribution in [0.3, 0.4) is 0 Å². The van der Waals surface area contributed by atoms with Crippen LogP contribution in [0.15, 0.2) is 18.7 Å². The van der Waals surface area contributed by atoms with Crippen molar-refractivity contribution in [2.24, 2.45) is 0 Å². The van der Waals surface area contributed by atoms with Crippen LogP contribution in [-0.2, 0) is 5.54 Å². The predicted octanol–water partition coefficient (Wildman–Crippen LogP) is 14.0. The van der Waals surface area contributed by atoms with Gasteiger partial charge in [-0.3, -0.25) is 34.3 Å². The largest absolute Gasteiger partial charge is 0.332 e. The summed E-state index contributed by atoms with van der Waals surface area (Å²) in [5.41, 5.74) is 3.04. The van der Waals surface area contributed by atoms with Crippen molar-refractivity contribution < 1.29 is 0 Å². The SMILES string of the molecule is CC(C)(C)N1CC1.CC(C)(C)N1CCC1.CC(C)(C)N1CCCC1.CC(C)(C)N1CCCCC1.CC(C)(C)N1CCCCC1.CC(C)(C)N1CCCCC1.CC(C)(C)n1ccnc1.CN1CCN(C(C)(C)C)CC1. The Balaban J connectivity index is 0.000000424. The predicted molar refractivity (Wildman–Crippen MR) is 329 cm³/mol. The van der Waals surface area contributed by atoms with Crippen molar-refractivity contribution in [3.8, 4) is 0 Å². The number of piperidine rings is 3. The minimum atomic E-state index is 0.177. The summed E-state index contributed by atoms with van der Waals surface area (Å²) >= 11 is 0. The molecular weight excluding hydrogens is 909 g/mol. The second-order valence-electron chi connectivity index (χ2n) is 30.8. The Bertz CT molecular complexity index is 1430. The Morgan fingerprint density at radius 2 is 0.446 bits per heavy atom. The van der Waals surface area contributed by atoms with Gasteiger partial charge < -0.3 is 9.47 Å². The molecule has 0 amide bonds. The van der Waals surface area contributed by atoms with Gasteiger partial charge in [-0.1, -0.05) is 19.3 Å². The van der Waals surface area contributed by atoms with Gasteiger partial charge in [-0.15, -0.1) is 0 Å². The first-order valence-electron chi connectivity index (χ1n) is 30.7. The molecule has 0 unspecified atom stereocenters. The minimum Gasteiger partial charge on any atom is -0.332 e. The first-order valence-corrected chi connectivity index (χ1v) is 30.7. The average molecular weight is 1040 g/mol. The standard InChI is InChI=1S/C9H20N2.3C9H19N.C8H17N.C7H12N2.C7H15N.C6H13N/c1-9(2,3)11-7-5-10(4)6-8-11;3*1-9(2,3)10-7-5-4-6-8-10;1-8(2,3)9-6-4-5-7-9;1-7(2,3)9-5-4-8-6-9;1-7(2,3)8-5-4-6-8;1-6(2,3)7-4-5-7/h5-8H2,1-4H3;3*4-8H2,1-3H3;4-7H2,1-3H3;4-6H,1-3H3;4-6H2,1-3H3;4-5H2,1-3H3. The van der Waals surface area contributed by atoms with E-state index in [1.54, 1.807) is 6.20 Å². The number of rotatable bonds is 0. The van der Waals surface area contributed by atoms with Gasteiger partial charge in [-0.2, -0.15) is 0 Å². The first-order chi connectivity index (χ1) is 33.7. The second kappa shape index (κ2) is 32.2. The molecule has 440 valence electrons. The second-order valence-corrected chi connectivity index (χ2v) is 30.8. The molecule has 0 spiro atoms. The molecule has 0 aliphatic carbocycles. The van der Waals surface area contributed by atoms with Crippen LogP contribution in [0.25, 0.3) is 0 Å². The Labute approximate surface area is 464 Å². The van der Waals surface area contributed by atoms with E-state index >= 15 is 0 Å². The molecule has 7 fully saturated rings. The van der Waals surface area contributed by atoms with Gasteiger partial charge in [-0.25, -0.2) is 4.98 Å². The lowest BCUT2D eigenvalue weighted by Crippen LogP contribution is -2.52. The summed E-state index contributed by atoms with van der Waals surface area (Å²) in [6, 6.07) is 0. The summed E-state index contributed by atoms with van der Waals surface area (Å²) in [5, 5.41) is 0. The lowest BCUT2D eigenvalue weighted by molar-refractivity contribution is 0.0690. The van der Waals surface area contributed by atoms with Crippen LogP contribution in [0.2, 0.25) is 0 Å². The normalized spacial score (nSPS) is 21.8. The molecule has 1 aromatic rings. The van der Waals surface area contributed by atoms with E-state index in [-0.39, 0.29) is 5.54 Å². The molecule has 74 heavy (non-hydrogen) atoms. The number of likely N-dealkylation sites (N-methyl/N-ethyl adjacent to an activating group) is 1. The molecule has 0 atom stereocenters.